The van der Waals surface area contributed by atoms with Gasteiger partial charge >= 0.3 is 0 Å². The molecule has 102 valence electrons. The molecular weight excluding hydrogens is 240 g/mol. The smallest absolute Gasteiger partial charge is 0.231 e. The second-order valence-electron chi connectivity index (χ2n) is 5.84. The highest BCUT2D eigenvalue weighted by Crippen LogP contribution is 2.33. The molecular formula is C15H20N2O2. The predicted octanol–water partition coefficient (Wildman–Crippen LogP) is 1.57. The highest BCUT2D eigenvalue weighted by molar-refractivity contribution is 5.88. The Morgan fingerprint density at radius 3 is 2.79 bits per heavy atom. The van der Waals surface area contributed by atoms with E-state index in [0.717, 1.165) is 11.3 Å². The summed E-state index contributed by atoms with van der Waals surface area (Å²) < 4.78 is 0. The Morgan fingerprint density at radius 1 is 1.37 bits per heavy atom. The zero-order chi connectivity index (χ0) is 13.5. The maximum absolute atomic E-state index is 12.6. The third kappa shape index (κ3) is 2.32. The van der Waals surface area contributed by atoms with Crippen LogP contribution in [0.1, 0.15) is 31.2 Å². The van der Waals surface area contributed by atoms with E-state index in [1.165, 1.54) is 0 Å². The van der Waals surface area contributed by atoms with Crippen LogP contribution in [-0.4, -0.2) is 41.1 Å². The monoisotopic (exact) mass is 260 g/mol. The quantitative estimate of drug-likeness (QED) is 0.806. The van der Waals surface area contributed by atoms with Crippen LogP contribution in [0, 0.1) is 0 Å². The van der Waals surface area contributed by atoms with Crippen LogP contribution in [0.25, 0.3) is 0 Å². The van der Waals surface area contributed by atoms with E-state index in [1.807, 2.05) is 36.1 Å². The largest absolute Gasteiger partial charge is 0.390 e. The number of likely N-dealkylation sites (tertiary alicyclic amines) is 1. The number of rotatable bonds is 1. The van der Waals surface area contributed by atoms with Gasteiger partial charge in [-0.15, -0.1) is 0 Å². The molecule has 0 spiro atoms. The first-order valence-electron chi connectivity index (χ1n) is 6.91. The molecule has 1 atom stereocenters. The lowest BCUT2D eigenvalue weighted by Gasteiger charge is -2.36. The summed E-state index contributed by atoms with van der Waals surface area (Å²) in [5, 5.41) is 13.2. The normalized spacial score (nSPS) is 24.7. The highest BCUT2D eigenvalue weighted by atomic mass is 16.3. The molecule has 4 heteroatoms. The van der Waals surface area contributed by atoms with Crippen LogP contribution in [0.4, 0.5) is 5.69 Å². The second kappa shape index (κ2) is 4.53. The Labute approximate surface area is 113 Å². The van der Waals surface area contributed by atoms with Crippen molar-refractivity contribution in [3.63, 3.8) is 0 Å². The van der Waals surface area contributed by atoms with Crippen LogP contribution < -0.4 is 5.32 Å². The van der Waals surface area contributed by atoms with Gasteiger partial charge in [0.1, 0.15) is 0 Å². The molecule has 1 unspecified atom stereocenters. The average Bonchev–Trinajstić information content (AvgIpc) is 2.82. The molecule has 1 saturated heterocycles. The van der Waals surface area contributed by atoms with Crippen LogP contribution in [0.15, 0.2) is 24.3 Å². The van der Waals surface area contributed by atoms with Gasteiger partial charge in [-0.2, -0.15) is 0 Å². The van der Waals surface area contributed by atoms with E-state index in [0.29, 0.717) is 32.5 Å². The van der Waals surface area contributed by atoms with Crippen molar-refractivity contribution in [3.8, 4) is 0 Å². The van der Waals surface area contributed by atoms with E-state index in [-0.39, 0.29) is 11.8 Å². The average molecular weight is 260 g/mol. The fourth-order valence-electron chi connectivity index (χ4n) is 2.93. The molecule has 2 aliphatic heterocycles. The summed E-state index contributed by atoms with van der Waals surface area (Å²) in [5.74, 6) is 0.118. The highest BCUT2D eigenvalue weighted by Gasteiger charge is 2.35. The molecule has 1 aromatic carbocycles. The maximum Gasteiger partial charge on any atom is 0.231 e. The van der Waals surface area contributed by atoms with Crippen molar-refractivity contribution in [1.82, 2.24) is 4.90 Å². The van der Waals surface area contributed by atoms with Crippen molar-refractivity contribution in [3.05, 3.63) is 29.8 Å². The third-order valence-electron chi connectivity index (χ3n) is 4.28. The Morgan fingerprint density at radius 2 is 2.05 bits per heavy atom. The van der Waals surface area contributed by atoms with Crippen molar-refractivity contribution in [2.24, 2.45) is 0 Å². The Bertz CT molecular complexity index is 489. The number of carbonyl (C=O) groups excluding carboxylic acids is 1. The molecule has 4 nitrogen and oxygen atoms in total. The number of benzene rings is 1. The van der Waals surface area contributed by atoms with Crippen LogP contribution >= 0.6 is 0 Å². The molecule has 0 aromatic heterocycles. The van der Waals surface area contributed by atoms with Gasteiger partial charge in [0.2, 0.25) is 5.91 Å². The van der Waals surface area contributed by atoms with Crippen molar-refractivity contribution in [2.45, 2.75) is 31.3 Å². The number of carbonyl (C=O) groups is 1. The topological polar surface area (TPSA) is 52.6 Å². The Balaban J connectivity index is 1.73. The molecule has 0 saturated carbocycles. The lowest BCUT2D eigenvalue weighted by Crippen LogP contribution is -2.46. The summed E-state index contributed by atoms with van der Waals surface area (Å²) >= 11 is 0. The van der Waals surface area contributed by atoms with E-state index < -0.39 is 5.60 Å². The first kappa shape index (κ1) is 12.5. The van der Waals surface area contributed by atoms with Gasteiger partial charge in [-0.1, -0.05) is 18.2 Å². The first-order valence-corrected chi connectivity index (χ1v) is 6.91. The summed E-state index contributed by atoms with van der Waals surface area (Å²) in [6.07, 6.45) is 1.33. The number of amides is 1. The molecule has 3 rings (SSSR count). The molecule has 19 heavy (non-hydrogen) atoms. The molecule has 0 bridgehead atoms. The molecule has 2 N–H and O–H groups in total. The maximum atomic E-state index is 12.6. The number of fused-ring (bicyclic) bond motifs is 1. The summed E-state index contributed by atoms with van der Waals surface area (Å²) in [7, 11) is 0. The molecule has 0 aliphatic carbocycles. The number of aliphatic hydroxyl groups is 1. The zero-order valence-electron chi connectivity index (χ0n) is 11.2. The van der Waals surface area contributed by atoms with Crippen molar-refractivity contribution >= 4 is 11.6 Å². The number of nitrogens with one attached hydrogen (secondary N) is 1. The summed E-state index contributed by atoms with van der Waals surface area (Å²) in [5.41, 5.74) is 1.57. The standard InChI is InChI=1S/C15H20N2O2/c1-15(19)6-8-17(9-7-15)14(18)12-10-16-13-5-3-2-4-11(12)13/h2-5,12,16,19H,6-10H2,1H3. The van der Waals surface area contributed by atoms with E-state index in [4.69, 9.17) is 0 Å². The lowest BCUT2D eigenvalue weighted by molar-refractivity contribution is -0.136. The van der Waals surface area contributed by atoms with E-state index >= 15 is 0 Å². The number of hydrogen-bond acceptors (Lipinski definition) is 3. The lowest BCUT2D eigenvalue weighted by atomic mass is 9.92. The summed E-state index contributed by atoms with van der Waals surface area (Å²) in [4.78, 5) is 14.5. The Hall–Kier alpha value is -1.55. The van der Waals surface area contributed by atoms with E-state index in [2.05, 4.69) is 5.32 Å². The number of nitrogens with zero attached hydrogens (tertiary/aromatic N) is 1. The number of para-hydroxylation sites is 1. The zero-order valence-corrected chi connectivity index (χ0v) is 11.2. The van der Waals surface area contributed by atoms with Gasteiger partial charge in [-0.3, -0.25) is 4.79 Å². The number of anilines is 1. The molecule has 2 aliphatic rings. The Kier molecular flexibility index (Phi) is 2.97. The molecule has 2 heterocycles. The molecule has 0 radical (unpaired) electrons. The van der Waals surface area contributed by atoms with E-state index in [9.17, 15) is 9.90 Å². The van der Waals surface area contributed by atoms with Gasteiger partial charge in [-0.05, 0) is 31.4 Å². The molecule has 1 amide bonds. The van der Waals surface area contributed by atoms with Gasteiger partial charge in [0.15, 0.2) is 0 Å². The van der Waals surface area contributed by atoms with Gasteiger partial charge < -0.3 is 15.3 Å². The van der Waals surface area contributed by atoms with Crippen LogP contribution in [0.5, 0.6) is 0 Å². The van der Waals surface area contributed by atoms with Crippen LogP contribution in [-0.2, 0) is 4.79 Å². The minimum absolute atomic E-state index is 0.0701. The fraction of sp³-hybridized carbons (Fsp3) is 0.533. The summed E-state index contributed by atoms with van der Waals surface area (Å²) in [6, 6.07) is 8.01. The SMILES string of the molecule is CC1(O)CCN(C(=O)C2CNc3ccccc32)CC1. The van der Waals surface area contributed by atoms with Gasteiger partial charge in [0.05, 0.1) is 11.5 Å². The van der Waals surface area contributed by atoms with Gasteiger partial charge in [0, 0.05) is 25.3 Å². The van der Waals surface area contributed by atoms with Crippen molar-refractivity contribution < 1.29 is 9.90 Å². The third-order valence-corrected chi connectivity index (χ3v) is 4.28. The minimum Gasteiger partial charge on any atom is -0.390 e. The van der Waals surface area contributed by atoms with Gasteiger partial charge in [0.25, 0.3) is 0 Å². The summed E-state index contributed by atoms with van der Waals surface area (Å²) in [6.45, 7) is 3.85. The number of piperidine rings is 1. The van der Waals surface area contributed by atoms with Gasteiger partial charge in [-0.25, -0.2) is 0 Å². The fourth-order valence-corrected chi connectivity index (χ4v) is 2.93. The molecule has 1 fully saturated rings. The van der Waals surface area contributed by atoms with Crippen molar-refractivity contribution in [2.75, 3.05) is 25.0 Å². The van der Waals surface area contributed by atoms with E-state index in [1.54, 1.807) is 0 Å². The molecule has 1 aromatic rings. The minimum atomic E-state index is -0.609. The first-order chi connectivity index (χ1) is 9.07. The van der Waals surface area contributed by atoms with Crippen LogP contribution in [0.2, 0.25) is 0 Å². The number of hydrogen-bond donors (Lipinski definition) is 2. The van der Waals surface area contributed by atoms with Crippen LogP contribution in [0.3, 0.4) is 0 Å². The predicted molar refractivity (Wildman–Crippen MR) is 74.1 cm³/mol. The van der Waals surface area contributed by atoms with Crippen molar-refractivity contribution in [1.29, 1.82) is 0 Å². The second-order valence-corrected chi connectivity index (χ2v) is 5.84.